The Bertz CT molecular complexity index is 974. The van der Waals surface area contributed by atoms with E-state index < -0.39 is 10.0 Å². The number of fused-ring (bicyclic) bond motifs is 1. The number of benzene rings is 1. The maximum Gasteiger partial charge on any atom is 0.243 e. The Labute approximate surface area is 156 Å². The molecule has 0 saturated heterocycles. The lowest BCUT2D eigenvalue weighted by molar-refractivity contribution is -0.115. The number of nitrogens with zero attached hydrogens (tertiary/aromatic N) is 3. The quantitative estimate of drug-likeness (QED) is 0.670. The zero-order valence-electron chi connectivity index (χ0n) is 14.5. The molecular weight excluding hydrogens is 372 g/mol. The molecule has 9 heteroatoms. The van der Waals surface area contributed by atoms with E-state index in [4.69, 9.17) is 0 Å². The number of imidazole rings is 1. The normalized spacial score (nSPS) is 12.0. The summed E-state index contributed by atoms with van der Waals surface area (Å²) in [5.74, 6) is -0.199. The molecule has 0 atom stereocenters. The fraction of sp³-hybridized carbons (Fsp3) is 0.294. The molecule has 1 N–H and O–H groups in total. The molecule has 138 valence electrons. The molecule has 1 aromatic carbocycles. The molecule has 0 fully saturated rings. The Morgan fingerprint density at radius 3 is 2.54 bits per heavy atom. The van der Waals surface area contributed by atoms with Crippen molar-refractivity contribution in [2.24, 2.45) is 0 Å². The summed E-state index contributed by atoms with van der Waals surface area (Å²) < 4.78 is 28.2. The van der Waals surface area contributed by atoms with Crippen molar-refractivity contribution in [1.82, 2.24) is 13.7 Å². The first-order valence-corrected chi connectivity index (χ1v) is 10.6. The van der Waals surface area contributed by atoms with Gasteiger partial charge in [-0.1, -0.05) is 13.8 Å². The Morgan fingerprint density at radius 2 is 1.92 bits per heavy atom. The molecule has 0 aliphatic heterocycles. The number of anilines is 1. The first kappa shape index (κ1) is 18.6. The van der Waals surface area contributed by atoms with E-state index in [1.54, 1.807) is 26.0 Å². The number of aromatic nitrogens is 2. The molecular formula is C17H20N4O3S2. The van der Waals surface area contributed by atoms with Crippen LogP contribution in [-0.2, 0) is 21.2 Å². The van der Waals surface area contributed by atoms with Crippen molar-refractivity contribution in [2.45, 2.75) is 25.2 Å². The molecule has 0 radical (unpaired) electrons. The van der Waals surface area contributed by atoms with Gasteiger partial charge in [0.25, 0.3) is 0 Å². The standard InChI is InChI=1S/C17H20N4O3S2/c1-3-21(4-2)26(23,24)15-7-5-13(6-8-15)18-16(22)11-14-12-20-9-10-25-17(20)19-14/h5-10,12H,3-4,11H2,1-2H3,(H,18,22). The van der Waals surface area contributed by atoms with Crippen molar-refractivity contribution in [2.75, 3.05) is 18.4 Å². The molecule has 2 aromatic heterocycles. The van der Waals surface area contributed by atoms with E-state index in [9.17, 15) is 13.2 Å². The summed E-state index contributed by atoms with van der Waals surface area (Å²) >= 11 is 1.51. The van der Waals surface area contributed by atoms with Gasteiger partial charge in [0.05, 0.1) is 17.0 Å². The fourth-order valence-corrected chi connectivity index (χ4v) is 4.83. The van der Waals surface area contributed by atoms with Crippen LogP contribution in [0, 0.1) is 0 Å². The van der Waals surface area contributed by atoms with Crippen LogP contribution in [0.25, 0.3) is 4.96 Å². The van der Waals surface area contributed by atoms with Gasteiger partial charge in [-0.2, -0.15) is 4.31 Å². The first-order valence-electron chi connectivity index (χ1n) is 8.25. The van der Waals surface area contributed by atoms with Gasteiger partial charge in [0.2, 0.25) is 15.9 Å². The predicted molar refractivity (Wildman–Crippen MR) is 102 cm³/mol. The zero-order valence-corrected chi connectivity index (χ0v) is 16.2. The second-order valence-electron chi connectivity index (χ2n) is 5.66. The lowest BCUT2D eigenvalue weighted by Crippen LogP contribution is -2.30. The van der Waals surface area contributed by atoms with Gasteiger partial charge < -0.3 is 5.32 Å². The van der Waals surface area contributed by atoms with Crippen molar-refractivity contribution < 1.29 is 13.2 Å². The van der Waals surface area contributed by atoms with Gasteiger partial charge in [-0.25, -0.2) is 13.4 Å². The lowest BCUT2D eigenvalue weighted by Gasteiger charge is -2.18. The summed E-state index contributed by atoms with van der Waals surface area (Å²) in [6.07, 6.45) is 3.88. The van der Waals surface area contributed by atoms with Crippen LogP contribution in [0.3, 0.4) is 0 Å². The van der Waals surface area contributed by atoms with E-state index >= 15 is 0 Å². The van der Waals surface area contributed by atoms with E-state index in [-0.39, 0.29) is 17.2 Å². The van der Waals surface area contributed by atoms with Crippen molar-refractivity contribution >= 4 is 37.9 Å². The third-order valence-corrected chi connectivity index (χ3v) is 6.80. The summed E-state index contributed by atoms with van der Waals surface area (Å²) in [5, 5.41) is 4.70. The van der Waals surface area contributed by atoms with E-state index in [2.05, 4.69) is 10.3 Å². The van der Waals surface area contributed by atoms with Crippen LogP contribution in [-0.4, -0.2) is 41.1 Å². The molecule has 0 unspecified atom stereocenters. The maximum atomic E-state index is 12.5. The number of thiazole rings is 1. The average Bonchev–Trinajstić information content (AvgIpc) is 3.17. The van der Waals surface area contributed by atoms with Crippen LogP contribution in [0.5, 0.6) is 0 Å². The number of rotatable bonds is 7. The van der Waals surface area contributed by atoms with Gasteiger partial charge >= 0.3 is 0 Å². The van der Waals surface area contributed by atoms with E-state index in [1.165, 1.54) is 27.8 Å². The number of sulfonamides is 1. The molecule has 0 spiro atoms. The molecule has 0 aliphatic rings. The monoisotopic (exact) mass is 392 g/mol. The van der Waals surface area contributed by atoms with Gasteiger partial charge in [-0.15, -0.1) is 11.3 Å². The van der Waals surface area contributed by atoms with Crippen LogP contribution >= 0.6 is 11.3 Å². The van der Waals surface area contributed by atoms with E-state index in [0.717, 1.165) is 4.96 Å². The summed E-state index contributed by atoms with van der Waals surface area (Å²) in [7, 11) is -3.49. The highest BCUT2D eigenvalue weighted by atomic mass is 32.2. The van der Waals surface area contributed by atoms with Gasteiger partial charge in [-0.3, -0.25) is 9.20 Å². The van der Waals surface area contributed by atoms with Crippen molar-refractivity contribution in [3.63, 3.8) is 0 Å². The van der Waals surface area contributed by atoms with Crippen molar-refractivity contribution in [1.29, 1.82) is 0 Å². The molecule has 0 saturated carbocycles. The zero-order chi connectivity index (χ0) is 18.7. The van der Waals surface area contributed by atoms with Gasteiger partial charge in [0.1, 0.15) is 0 Å². The number of amides is 1. The summed E-state index contributed by atoms with van der Waals surface area (Å²) in [6, 6.07) is 6.21. The SMILES string of the molecule is CCN(CC)S(=O)(=O)c1ccc(NC(=O)Cc2cn3ccsc3n2)cc1. The number of carbonyl (C=O) groups excluding carboxylic acids is 1. The van der Waals surface area contributed by atoms with Crippen LogP contribution < -0.4 is 5.32 Å². The van der Waals surface area contributed by atoms with Crippen LogP contribution in [0.1, 0.15) is 19.5 Å². The Hall–Kier alpha value is -2.23. The minimum atomic E-state index is -3.49. The molecule has 3 rings (SSSR count). The molecule has 1 amide bonds. The number of nitrogens with one attached hydrogen (secondary N) is 1. The summed E-state index contributed by atoms with van der Waals surface area (Å²) in [6.45, 7) is 4.43. The molecule has 7 nitrogen and oxygen atoms in total. The molecule has 3 aromatic rings. The fourth-order valence-electron chi connectivity index (χ4n) is 2.65. The predicted octanol–water partition coefficient (Wildman–Crippen LogP) is 2.61. The van der Waals surface area contributed by atoms with Gasteiger partial charge in [0, 0.05) is 36.6 Å². The minimum Gasteiger partial charge on any atom is -0.326 e. The second kappa shape index (κ2) is 7.56. The minimum absolute atomic E-state index is 0.161. The molecule has 0 aliphatic carbocycles. The van der Waals surface area contributed by atoms with Crippen LogP contribution in [0.15, 0.2) is 46.9 Å². The third kappa shape index (κ3) is 3.79. The summed E-state index contributed by atoms with van der Waals surface area (Å²) in [5.41, 5.74) is 1.24. The van der Waals surface area contributed by atoms with Crippen molar-refractivity contribution in [3.8, 4) is 0 Å². The molecule has 26 heavy (non-hydrogen) atoms. The highest BCUT2D eigenvalue weighted by molar-refractivity contribution is 7.89. The van der Waals surface area contributed by atoms with E-state index in [0.29, 0.717) is 24.5 Å². The number of hydrogen-bond acceptors (Lipinski definition) is 5. The smallest absolute Gasteiger partial charge is 0.243 e. The first-order chi connectivity index (χ1) is 12.4. The highest BCUT2D eigenvalue weighted by Crippen LogP contribution is 2.18. The second-order valence-corrected chi connectivity index (χ2v) is 8.47. The van der Waals surface area contributed by atoms with Gasteiger partial charge in [0.15, 0.2) is 4.96 Å². The van der Waals surface area contributed by atoms with Crippen molar-refractivity contribution in [3.05, 3.63) is 47.7 Å². The van der Waals surface area contributed by atoms with Crippen LogP contribution in [0.4, 0.5) is 5.69 Å². The van der Waals surface area contributed by atoms with Gasteiger partial charge in [-0.05, 0) is 24.3 Å². The number of hydrogen-bond donors (Lipinski definition) is 1. The summed E-state index contributed by atoms with van der Waals surface area (Å²) in [4.78, 5) is 17.6. The maximum absolute atomic E-state index is 12.5. The lowest BCUT2D eigenvalue weighted by atomic mass is 10.3. The largest absolute Gasteiger partial charge is 0.326 e. The highest BCUT2D eigenvalue weighted by Gasteiger charge is 2.21. The van der Waals surface area contributed by atoms with E-state index in [1.807, 2.05) is 22.2 Å². The third-order valence-electron chi connectivity index (χ3n) is 3.97. The van der Waals surface area contributed by atoms with Crippen LogP contribution in [0.2, 0.25) is 0 Å². The molecule has 0 bridgehead atoms. The number of carbonyl (C=O) groups is 1. The Kier molecular flexibility index (Phi) is 5.40. The Morgan fingerprint density at radius 1 is 1.23 bits per heavy atom. The average molecular weight is 393 g/mol. The molecule has 2 heterocycles. The Balaban J connectivity index is 1.67. The topological polar surface area (TPSA) is 83.8 Å².